The van der Waals surface area contributed by atoms with Crippen molar-refractivity contribution in [2.24, 2.45) is 0 Å². The molecule has 0 aromatic carbocycles. The van der Waals surface area contributed by atoms with Crippen molar-refractivity contribution in [3.05, 3.63) is 0 Å². The summed E-state index contributed by atoms with van der Waals surface area (Å²) in [6.45, 7) is 0. The summed E-state index contributed by atoms with van der Waals surface area (Å²) in [5, 5.41) is 0. The summed E-state index contributed by atoms with van der Waals surface area (Å²) in [7, 11) is 0. The van der Waals surface area contributed by atoms with Crippen LogP contribution in [0, 0.1) is 0 Å². The van der Waals surface area contributed by atoms with Gasteiger partial charge in [0.25, 0.3) is 0 Å². The van der Waals surface area contributed by atoms with Gasteiger partial charge in [0.15, 0.2) is 0 Å². The van der Waals surface area contributed by atoms with Crippen molar-refractivity contribution in [2.75, 3.05) is 0 Å². The van der Waals surface area contributed by atoms with Gasteiger partial charge in [0.1, 0.15) is 0 Å². The predicted octanol–water partition coefficient (Wildman–Crippen LogP) is 1.52. The van der Waals surface area contributed by atoms with Gasteiger partial charge in [-0.25, -0.2) is 0 Å². The molecule has 0 aliphatic heterocycles. The van der Waals surface area contributed by atoms with Gasteiger partial charge in [-0.3, -0.25) is 0 Å². The van der Waals surface area contributed by atoms with Crippen LogP contribution in [-0.2, 0) is 19.8 Å². The van der Waals surface area contributed by atoms with E-state index in [2.05, 4.69) is 0 Å². The molecular weight excluding hydrogens is 787 g/mol. The maximum Gasteiger partial charge on any atom is 0 e. The van der Waals surface area contributed by atoms with Crippen LogP contribution in [0.4, 0.5) is 0 Å². The third-order valence-electron chi connectivity index (χ3n) is 0. The van der Waals surface area contributed by atoms with E-state index in [0.29, 0.717) is 0 Å². The van der Waals surface area contributed by atoms with Crippen LogP contribution in [0.15, 0.2) is 0 Å². The molecule has 0 saturated heterocycles. The number of hydrogen-bond acceptors (Lipinski definition) is 0. The van der Waals surface area contributed by atoms with Crippen LogP contribution in [0.5, 0.6) is 0 Å². The van der Waals surface area contributed by atoms with E-state index in [0.717, 1.165) is 0 Å². The monoisotopic (exact) mass is 791 g/mol. The topological polar surface area (TPSA) is 0 Å². The third-order valence-corrected chi connectivity index (χ3v) is 0. The number of rotatable bonds is 0. The Morgan fingerprint density at radius 3 is 0.300 bits per heavy atom. The Hall–Kier alpha value is 8.43. The fraction of sp³-hybridized carbons (Fsp3) is 0. The molecule has 10 heavy (non-hydrogen) atoms. The summed E-state index contributed by atoms with van der Waals surface area (Å²) in [6.07, 6.45) is 0. The Kier molecular flexibility index (Phi) is 522. The van der Waals surface area contributed by atoms with Crippen LogP contribution >= 0.6 is 102 Å². The van der Waals surface area contributed by atoms with E-state index in [-0.39, 0.29) is 276 Å². The summed E-state index contributed by atoms with van der Waals surface area (Å²) >= 11 is 0. The molecule has 0 nitrogen and oxygen atoms in total. The molecule has 0 rings (SSSR count). The van der Waals surface area contributed by atoms with Gasteiger partial charge in [0.05, 0.1) is 0 Å². The average molecular weight is 796 g/mol. The molecule has 0 aromatic heterocycles. The summed E-state index contributed by atoms with van der Waals surface area (Å²) in [5.41, 5.74) is 0. The van der Waals surface area contributed by atoms with Gasteiger partial charge in [-0.1, -0.05) is 0 Å². The minimum absolute atomic E-state index is 0. The SMILES string of the molecule is Br.Br.Br.Br.Br.Br.[KH].[KH].[KH].[Os]. The zero-order valence-corrected chi connectivity index (χ0v) is 15.6. The van der Waals surface area contributed by atoms with Crippen molar-refractivity contribution in [1.29, 1.82) is 0 Å². The Morgan fingerprint density at radius 1 is 0.300 bits per heavy atom. The van der Waals surface area contributed by atoms with E-state index >= 15 is 0 Å². The molecular formula is H9Br6K3Os. The zero-order chi connectivity index (χ0) is 0. The fourth-order valence-corrected chi connectivity index (χ4v) is 0. The van der Waals surface area contributed by atoms with Gasteiger partial charge >= 0.3 is 154 Å². The molecule has 0 bridgehead atoms. The molecule has 0 spiro atoms. The fourth-order valence-electron chi connectivity index (χ4n) is 0. The van der Waals surface area contributed by atoms with Crippen molar-refractivity contribution >= 4 is 256 Å². The second-order valence-electron chi connectivity index (χ2n) is 0. The summed E-state index contributed by atoms with van der Waals surface area (Å²) < 4.78 is 0. The van der Waals surface area contributed by atoms with Crippen molar-refractivity contribution in [3.63, 3.8) is 0 Å². The van der Waals surface area contributed by atoms with E-state index < -0.39 is 0 Å². The minimum Gasteiger partial charge on any atom is 0 e. The van der Waals surface area contributed by atoms with Crippen molar-refractivity contribution in [3.8, 4) is 0 Å². The Balaban J connectivity index is 0. The second kappa shape index (κ2) is 66.2. The minimum atomic E-state index is 0. The normalized spacial score (nSPS) is 0. The average Bonchev–Trinajstić information content (AvgIpc) is 0. The van der Waals surface area contributed by atoms with Crippen molar-refractivity contribution in [2.45, 2.75) is 0 Å². The summed E-state index contributed by atoms with van der Waals surface area (Å²) in [5.74, 6) is 0. The van der Waals surface area contributed by atoms with E-state index in [1.165, 1.54) is 0 Å². The van der Waals surface area contributed by atoms with Crippen LogP contribution in [-0.4, -0.2) is 154 Å². The van der Waals surface area contributed by atoms with E-state index in [9.17, 15) is 0 Å². The van der Waals surface area contributed by atoms with Gasteiger partial charge in [-0.15, -0.1) is 102 Å². The predicted molar refractivity (Wildman–Crippen MR) is 83.4 cm³/mol. The largest absolute Gasteiger partial charge is 0 e. The van der Waals surface area contributed by atoms with Crippen molar-refractivity contribution < 1.29 is 19.8 Å². The molecule has 0 saturated carbocycles. The van der Waals surface area contributed by atoms with Gasteiger partial charge in [0, 0.05) is 19.8 Å². The van der Waals surface area contributed by atoms with Gasteiger partial charge in [-0.2, -0.15) is 0 Å². The molecule has 62 valence electrons. The third kappa shape index (κ3) is 55.1. The molecule has 0 unspecified atom stereocenters. The molecule has 0 fully saturated rings. The van der Waals surface area contributed by atoms with E-state index in [1.807, 2.05) is 0 Å². The van der Waals surface area contributed by atoms with Crippen LogP contribution in [0.25, 0.3) is 0 Å². The Morgan fingerprint density at radius 2 is 0.300 bits per heavy atom. The van der Waals surface area contributed by atoms with E-state index in [1.54, 1.807) is 0 Å². The number of halogens is 6. The molecule has 0 aromatic rings. The van der Waals surface area contributed by atoms with Crippen molar-refractivity contribution in [1.82, 2.24) is 0 Å². The Labute approximate surface area is 266 Å². The molecule has 0 radical (unpaired) electrons. The first-order chi connectivity index (χ1) is 0. The Bertz CT molecular complexity index is 13.0. The molecule has 0 N–H and O–H groups in total. The summed E-state index contributed by atoms with van der Waals surface area (Å²) in [6, 6.07) is 0. The molecule has 0 aliphatic rings. The van der Waals surface area contributed by atoms with Crippen LogP contribution in [0.3, 0.4) is 0 Å². The quantitative estimate of drug-likeness (QED) is 0.327. The maximum atomic E-state index is 0. The second-order valence-corrected chi connectivity index (χ2v) is 0. The standard InChI is InChI=1S/6BrH.3K.Os.3H/h6*1H;;;;;;;. The maximum absolute atomic E-state index is 0. The first kappa shape index (κ1) is 78.8. The first-order valence-corrected chi connectivity index (χ1v) is 0. The smallest absolute Gasteiger partial charge is 0 e. The molecule has 0 heterocycles. The number of hydrogen-bond donors (Lipinski definition) is 0. The zero-order valence-electron chi connectivity index (χ0n) is 2.80. The van der Waals surface area contributed by atoms with Crippen LogP contribution in [0.2, 0.25) is 0 Å². The van der Waals surface area contributed by atoms with Gasteiger partial charge in [0.2, 0.25) is 0 Å². The van der Waals surface area contributed by atoms with E-state index in [4.69, 9.17) is 0 Å². The summed E-state index contributed by atoms with van der Waals surface area (Å²) in [4.78, 5) is 0. The molecule has 0 amide bonds. The van der Waals surface area contributed by atoms with Gasteiger partial charge < -0.3 is 0 Å². The van der Waals surface area contributed by atoms with Crippen LogP contribution in [0.1, 0.15) is 0 Å². The van der Waals surface area contributed by atoms with Gasteiger partial charge in [-0.05, 0) is 0 Å². The van der Waals surface area contributed by atoms with Crippen LogP contribution < -0.4 is 0 Å². The first-order valence-electron chi connectivity index (χ1n) is 0. The molecule has 10 heteroatoms. The molecule has 0 aliphatic carbocycles. The molecule has 0 atom stereocenters.